The van der Waals surface area contributed by atoms with E-state index in [4.69, 9.17) is 9.97 Å². The van der Waals surface area contributed by atoms with E-state index in [1.54, 1.807) is 0 Å². The van der Waals surface area contributed by atoms with Gasteiger partial charge in [0.15, 0.2) is 0 Å². The topological polar surface area (TPSA) is 68.7 Å². The molecule has 6 nitrogen and oxygen atoms in total. The molecule has 4 heterocycles. The Morgan fingerprint density at radius 2 is 0.567 bits per heavy atom. The number of hydrogen-bond acceptors (Lipinski definition) is 4. The lowest BCUT2D eigenvalue weighted by molar-refractivity contribution is 1.15. The third-order valence-electron chi connectivity index (χ3n) is 14.1. The Labute approximate surface area is 335 Å². The Balaban J connectivity index is 1.06. The van der Waals surface area contributed by atoms with Gasteiger partial charge in [-0.2, -0.15) is 0 Å². The molecule has 0 amide bonds. The third kappa shape index (κ3) is 3.15. The van der Waals surface area contributed by atoms with Gasteiger partial charge in [0.25, 0.3) is 11.1 Å². The molecule has 0 unspecified atom stereocenters. The van der Waals surface area contributed by atoms with E-state index in [9.17, 15) is 9.59 Å². The maximum Gasteiger partial charge on any atom is 0.264 e. The van der Waals surface area contributed by atoms with Gasteiger partial charge in [-0.3, -0.25) is 18.4 Å². The molecule has 272 valence electrons. The first-order chi connectivity index (χ1) is 29.6. The van der Waals surface area contributed by atoms with Gasteiger partial charge in [0.1, 0.15) is 11.3 Å². The highest BCUT2D eigenvalue weighted by Crippen LogP contribution is 2.50. The Kier molecular flexibility index (Phi) is 4.85. The fourth-order valence-corrected chi connectivity index (χ4v) is 11.7. The molecule has 0 saturated heterocycles. The van der Waals surface area contributed by atoms with Crippen LogP contribution in [0.25, 0.3) is 152 Å². The van der Waals surface area contributed by atoms with Crippen LogP contribution in [-0.2, 0) is 0 Å². The summed E-state index contributed by atoms with van der Waals surface area (Å²) in [5.74, 6) is 0. The monoisotopic (exact) mass is 760 g/mol. The summed E-state index contributed by atoms with van der Waals surface area (Å²) in [4.78, 5) is 39.7. The smallest absolute Gasteiger partial charge is 0.264 e. The van der Waals surface area contributed by atoms with Gasteiger partial charge in [-0.25, -0.2) is 9.97 Å². The van der Waals surface area contributed by atoms with Gasteiger partial charge < -0.3 is 0 Å². The molecule has 0 aliphatic heterocycles. The van der Waals surface area contributed by atoms with Gasteiger partial charge >= 0.3 is 0 Å². The van der Waals surface area contributed by atoms with E-state index in [1.165, 1.54) is 10.8 Å². The van der Waals surface area contributed by atoms with Crippen molar-refractivity contribution in [2.24, 2.45) is 0 Å². The summed E-state index contributed by atoms with van der Waals surface area (Å²) in [5.41, 5.74) is 4.76. The molecule has 60 heavy (non-hydrogen) atoms. The van der Waals surface area contributed by atoms with Crippen molar-refractivity contribution in [3.63, 3.8) is 0 Å². The number of benzene rings is 12. The van der Waals surface area contributed by atoms with E-state index in [1.807, 2.05) is 69.5 Å². The number of aromatic nitrogens is 4. The molecule has 16 rings (SSSR count). The molecule has 0 bridgehead atoms. The van der Waals surface area contributed by atoms with Crippen LogP contribution < -0.4 is 11.1 Å². The summed E-state index contributed by atoms with van der Waals surface area (Å²) in [6.07, 6.45) is 0. The Hall–Kier alpha value is -8.22. The predicted molar refractivity (Wildman–Crippen MR) is 249 cm³/mol. The van der Waals surface area contributed by atoms with Crippen LogP contribution in [0.5, 0.6) is 0 Å². The highest BCUT2D eigenvalue weighted by atomic mass is 16.1. The first kappa shape index (κ1) is 29.9. The van der Waals surface area contributed by atoms with Crippen LogP contribution >= 0.6 is 0 Å². The van der Waals surface area contributed by atoms with Gasteiger partial charge in [-0.1, -0.05) is 97.1 Å². The predicted octanol–water partition coefficient (Wildman–Crippen LogP) is 12.4. The molecule has 0 aliphatic carbocycles. The summed E-state index contributed by atoms with van der Waals surface area (Å²) in [6, 6.07) is 50.8. The van der Waals surface area contributed by atoms with E-state index >= 15 is 0 Å². The van der Waals surface area contributed by atoms with E-state index in [0.29, 0.717) is 22.1 Å². The second-order valence-corrected chi connectivity index (χ2v) is 16.7. The van der Waals surface area contributed by atoms with Crippen LogP contribution in [0.4, 0.5) is 0 Å². The second-order valence-electron chi connectivity index (χ2n) is 16.7. The Bertz CT molecular complexity index is 4430. The van der Waals surface area contributed by atoms with E-state index < -0.39 is 0 Å². The molecule has 0 spiro atoms. The first-order valence-electron chi connectivity index (χ1n) is 20.3. The standard InChI is InChI=1S/C54H24N4O2/c59-53-37-23-19-33-29-15-14-28-32-18-22-36-50-38(54(60)58-42-12-4-8-26-6-2-10-40(44(26)42)56-52(36)58)24-20-34(48(32)50)30-16-13-27(45(29)46(28)30)31-17-21-35(49(37)47(31)33)51-55-39-9-1-5-25-7-3-11-41(43(25)39)57(51)53/h1-24H. The van der Waals surface area contributed by atoms with Crippen molar-refractivity contribution in [2.75, 3.05) is 0 Å². The first-order valence-corrected chi connectivity index (χ1v) is 20.3. The molecule has 0 N–H and O–H groups in total. The number of rotatable bonds is 0. The minimum absolute atomic E-state index is 0.0540. The summed E-state index contributed by atoms with van der Waals surface area (Å²) in [5, 5.41) is 23.1. The highest BCUT2D eigenvalue weighted by Gasteiger charge is 2.25. The summed E-state index contributed by atoms with van der Waals surface area (Å²) >= 11 is 0. The SMILES string of the molecule is O=c1c2ccc3c4ccc5c6ccc7c8c(ccc(c9ccc(c%10ccc(c2c3%10)c2nc3cccc%10cccc(c%103)n12)c4c95)c68)c(=O)n1c2cccc3cccc(nc71)c32. The average Bonchev–Trinajstić information content (AvgIpc) is 3.29. The van der Waals surface area contributed by atoms with Crippen molar-refractivity contribution in [3.8, 4) is 0 Å². The van der Waals surface area contributed by atoms with Crippen molar-refractivity contribution in [1.29, 1.82) is 0 Å². The number of pyridine rings is 2. The van der Waals surface area contributed by atoms with Gasteiger partial charge in [-0.05, 0) is 124 Å². The van der Waals surface area contributed by atoms with Crippen molar-refractivity contribution in [2.45, 2.75) is 0 Å². The van der Waals surface area contributed by atoms with Crippen LogP contribution in [0.2, 0.25) is 0 Å². The quantitative estimate of drug-likeness (QED) is 0.114. The zero-order valence-corrected chi connectivity index (χ0v) is 31.5. The number of fused-ring (bicyclic) bond motifs is 10. The third-order valence-corrected chi connectivity index (χ3v) is 14.1. The van der Waals surface area contributed by atoms with Crippen LogP contribution in [0.3, 0.4) is 0 Å². The Morgan fingerprint density at radius 3 is 0.917 bits per heavy atom. The molecular weight excluding hydrogens is 737 g/mol. The summed E-state index contributed by atoms with van der Waals surface area (Å²) in [7, 11) is 0. The normalized spacial score (nSPS) is 13.1. The molecule has 4 aromatic heterocycles. The van der Waals surface area contributed by atoms with Crippen LogP contribution in [0.15, 0.2) is 155 Å². The zero-order valence-electron chi connectivity index (χ0n) is 31.5. The van der Waals surface area contributed by atoms with E-state index in [0.717, 1.165) is 119 Å². The Morgan fingerprint density at radius 1 is 0.283 bits per heavy atom. The van der Waals surface area contributed by atoms with Crippen molar-refractivity contribution in [3.05, 3.63) is 166 Å². The van der Waals surface area contributed by atoms with Gasteiger partial charge in [-0.15, -0.1) is 0 Å². The van der Waals surface area contributed by atoms with Gasteiger partial charge in [0.05, 0.1) is 22.1 Å². The van der Waals surface area contributed by atoms with Gasteiger partial charge in [0.2, 0.25) is 0 Å². The maximum atomic E-state index is 14.7. The van der Waals surface area contributed by atoms with Gasteiger partial charge in [0, 0.05) is 43.1 Å². The lowest BCUT2D eigenvalue weighted by Crippen LogP contribution is -2.16. The lowest BCUT2D eigenvalue weighted by atomic mass is 9.82. The fourth-order valence-electron chi connectivity index (χ4n) is 11.7. The maximum absolute atomic E-state index is 14.7. The average molecular weight is 761 g/mol. The fraction of sp³-hybridized carbons (Fsp3) is 0. The summed E-state index contributed by atoms with van der Waals surface area (Å²) in [6.45, 7) is 0. The minimum atomic E-state index is -0.0540. The van der Waals surface area contributed by atoms with Crippen molar-refractivity contribution in [1.82, 2.24) is 18.8 Å². The number of hydrogen-bond donors (Lipinski definition) is 0. The van der Waals surface area contributed by atoms with E-state index in [2.05, 4.69) is 84.9 Å². The highest BCUT2D eigenvalue weighted by molar-refractivity contribution is 6.45. The lowest BCUT2D eigenvalue weighted by Gasteiger charge is -2.21. The molecule has 16 aromatic rings. The van der Waals surface area contributed by atoms with Crippen molar-refractivity contribution >= 4 is 152 Å². The van der Waals surface area contributed by atoms with Crippen LogP contribution in [0.1, 0.15) is 0 Å². The molecule has 0 fully saturated rings. The molecular formula is C54H24N4O2. The molecule has 0 saturated carbocycles. The molecule has 0 radical (unpaired) electrons. The van der Waals surface area contributed by atoms with Crippen molar-refractivity contribution < 1.29 is 0 Å². The number of nitrogens with zero attached hydrogens (tertiary/aromatic N) is 4. The van der Waals surface area contributed by atoms with E-state index in [-0.39, 0.29) is 11.1 Å². The zero-order chi connectivity index (χ0) is 38.9. The van der Waals surface area contributed by atoms with Crippen LogP contribution in [0, 0.1) is 0 Å². The minimum Gasteiger partial charge on any atom is -0.268 e. The molecule has 12 aromatic carbocycles. The molecule has 0 atom stereocenters. The molecule has 6 heteroatoms. The molecule has 0 aliphatic rings. The van der Waals surface area contributed by atoms with Crippen LogP contribution in [-0.4, -0.2) is 18.8 Å². The summed E-state index contributed by atoms with van der Waals surface area (Å²) < 4.78 is 3.63. The second kappa shape index (κ2) is 9.72. The largest absolute Gasteiger partial charge is 0.268 e.